The van der Waals surface area contributed by atoms with Crippen molar-refractivity contribution in [1.82, 2.24) is 4.98 Å². The largest absolute Gasteiger partial charge is 0.266 e. The molecule has 0 bridgehead atoms. The minimum absolute atomic E-state index is 0.0554. The zero-order valence-corrected chi connectivity index (χ0v) is 10.9. The number of sulfonamides is 1. The molecule has 9 heteroatoms. The van der Waals surface area contributed by atoms with Crippen LogP contribution in [0.1, 0.15) is 0 Å². The molecular formula is C9H5ClF2N2O2S2. The molecule has 96 valence electrons. The molecule has 18 heavy (non-hydrogen) atoms. The molecule has 1 aromatic carbocycles. The molecule has 2 aromatic rings. The topological polar surface area (TPSA) is 59.1 Å². The molecule has 0 aliphatic rings. The molecule has 0 spiro atoms. The summed E-state index contributed by atoms with van der Waals surface area (Å²) in [6.07, 6.45) is 0. The highest BCUT2D eigenvalue weighted by Gasteiger charge is 2.23. The summed E-state index contributed by atoms with van der Waals surface area (Å²) in [6, 6.07) is 1.58. The number of thiazole rings is 1. The number of halogens is 3. The minimum atomic E-state index is -4.19. The maximum atomic E-state index is 13.6. The predicted molar refractivity (Wildman–Crippen MR) is 64.3 cm³/mol. The maximum Gasteiger partial charge on any atom is 0.266 e. The number of rotatable bonds is 3. The summed E-state index contributed by atoms with van der Waals surface area (Å²) >= 11 is 6.48. The molecule has 0 fully saturated rings. The minimum Gasteiger partial charge on any atom is -0.263 e. The number of benzene rings is 1. The van der Waals surface area contributed by atoms with E-state index in [0.29, 0.717) is 0 Å². The van der Waals surface area contributed by atoms with Gasteiger partial charge in [-0.15, -0.1) is 11.3 Å². The van der Waals surface area contributed by atoms with Gasteiger partial charge in [-0.2, -0.15) is 0 Å². The second-order valence-corrected chi connectivity index (χ2v) is 5.90. The van der Waals surface area contributed by atoms with Crippen molar-refractivity contribution in [3.63, 3.8) is 0 Å². The average Bonchev–Trinajstić information content (AvgIpc) is 2.77. The Labute approximate surface area is 110 Å². The van der Waals surface area contributed by atoms with Gasteiger partial charge in [-0.1, -0.05) is 11.6 Å². The monoisotopic (exact) mass is 310 g/mol. The summed E-state index contributed by atoms with van der Waals surface area (Å²) in [5, 5.41) is 0.566. The third-order valence-corrected chi connectivity index (χ3v) is 4.27. The molecule has 0 amide bonds. The van der Waals surface area contributed by atoms with Crippen LogP contribution < -0.4 is 4.72 Å². The zero-order chi connectivity index (χ0) is 13.3. The van der Waals surface area contributed by atoms with E-state index in [0.717, 1.165) is 12.1 Å². The second kappa shape index (κ2) is 4.79. The molecule has 1 aromatic heterocycles. The molecule has 0 aliphatic carbocycles. The van der Waals surface area contributed by atoms with Gasteiger partial charge in [0.2, 0.25) is 0 Å². The first-order valence-electron chi connectivity index (χ1n) is 4.46. The van der Waals surface area contributed by atoms with E-state index in [1.54, 1.807) is 0 Å². The Morgan fingerprint density at radius 3 is 2.67 bits per heavy atom. The summed E-state index contributed by atoms with van der Waals surface area (Å²) in [7, 11) is -4.19. The lowest BCUT2D eigenvalue weighted by Gasteiger charge is -2.07. The summed E-state index contributed by atoms with van der Waals surface area (Å²) < 4.78 is 52.2. The number of anilines is 1. The van der Waals surface area contributed by atoms with Gasteiger partial charge in [0.15, 0.2) is 11.6 Å². The normalized spacial score (nSPS) is 11.5. The first-order valence-corrected chi connectivity index (χ1v) is 7.27. The number of hydrogen-bond donors (Lipinski definition) is 1. The standard InChI is InChI=1S/C9H5ClF2N2O2S2/c10-8-5(11)1-2-6(9(8)12)18(15,16)14-7-3-17-4-13-7/h1-4,14H. The Bertz CT molecular complexity index is 674. The fourth-order valence-electron chi connectivity index (χ4n) is 1.17. The van der Waals surface area contributed by atoms with Gasteiger partial charge in [0.25, 0.3) is 10.0 Å². The van der Waals surface area contributed by atoms with Gasteiger partial charge in [-0.3, -0.25) is 4.72 Å². The van der Waals surface area contributed by atoms with Gasteiger partial charge in [-0.25, -0.2) is 22.2 Å². The zero-order valence-electron chi connectivity index (χ0n) is 8.52. The lowest BCUT2D eigenvalue weighted by molar-refractivity contribution is 0.551. The SMILES string of the molecule is O=S(=O)(Nc1cscn1)c1ccc(F)c(Cl)c1F. The number of nitrogens with one attached hydrogen (secondary N) is 1. The fourth-order valence-corrected chi connectivity index (χ4v) is 3.03. The van der Waals surface area contributed by atoms with Crippen molar-refractivity contribution in [2.24, 2.45) is 0 Å². The molecule has 1 N–H and O–H groups in total. The van der Waals surface area contributed by atoms with E-state index in [1.807, 2.05) is 0 Å². The molecule has 4 nitrogen and oxygen atoms in total. The van der Waals surface area contributed by atoms with Crippen LogP contribution in [-0.4, -0.2) is 13.4 Å². The molecule has 0 saturated heterocycles. The van der Waals surface area contributed by atoms with Crippen molar-refractivity contribution in [2.75, 3.05) is 4.72 Å². The van der Waals surface area contributed by atoms with Crippen LogP contribution in [0.4, 0.5) is 14.6 Å². The van der Waals surface area contributed by atoms with Crippen molar-refractivity contribution in [2.45, 2.75) is 4.90 Å². The van der Waals surface area contributed by atoms with Gasteiger partial charge in [0, 0.05) is 5.38 Å². The molecule has 0 aliphatic heterocycles. The number of hydrogen-bond acceptors (Lipinski definition) is 4. The van der Waals surface area contributed by atoms with Gasteiger partial charge in [0.05, 0.1) is 5.51 Å². The lowest BCUT2D eigenvalue weighted by atomic mass is 10.3. The van der Waals surface area contributed by atoms with E-state index >= 15 is 0 Å². The molecule has 2 rings (SSSR count). The summed E-state index contributed by atoms with van der Waals surface area (Å²) in [6.45, 7) is 0. The van der Waals surface area contributed by atoms with Crippen LogP contribution in [0.3, 0.4) is 0 Å². The van der Waals surface area contributed by atoms with E-state index in [4.69, 9.17) is 11.6 Å². The van der Waals surface area contributed by atoms with Crippen molar-refractivity contribution < 1.29 is 17.2 Å². The summed E-state index contributed by atoms with van der Waals surface area (Å²) in [5.41, 5.74) is 1.41. The van der Waals surface area contributed by atoms with Gasteiger partial charge in [-0.05, 0) is 12.1 Å². The Kier molecular flexibility index (Phi) is 3.51. The molecule has 0 radical (unpaired) electrons. The summed E-state index contributed by atoms with van der Waals surface area (Å²) in [4.78, 5) is 2.96. The molecule has 0 saturated carbocycles. The van der Waals surface area contributed by atoms with Gasteiger partial charge < -0.3 is 0 Å². The molecule has 0 unspecified atom stereocenters. The highest BCUT2D eigenvalue weighted by Crippen LogP contribution is 2.26. The predicted octanol–water partition coefficient (Wildman–Crippen LogP) is 2.88. The quantitative estimate of drug-likeness (QED) is 0.887. The van der Waals surface area contributed by atoms with E-state index in [2.05, 4.69) is 9.71 Å². The molecule has 0 atom stereocenters. The smallest absolute Gasteiger partial charge is 0.263 e. The first-order chi connectivity index (χ1) is 8.42. The second-order valence-electron chi connectivity index (χ2n) is 3.15. The van der Waals surface area contributed by atoms with Crippen LogP contribution in [-0.2, 0) is 10.0 Å². The van der Waals surface area contributed by atoms with Gasteiger partial charge >= 0.3 is 0 Å². The highest BCUT2D eigenvalue weighted by molar-refractivity contribution is 7.92. The highest BCUT2D eigenvalue weighted by atomic mass is 35.5. The van der Waals surface area contributed by atoms with Crippen LogP contribution >= 0.6 is 22.9 Å². The van der Waals surface area contributed by atoms with Crippen LogP contribution in [0.15, 0.2) is 27.9 Å². The lowest BCUT2D eigenvalue weighted by Crippen LogP contribution is -2.15. The Hall–Kier alpha value is -1.25. The van der Waals surface area contributed by atoms with Gasteiger partial charge in [0.1, 0.15) is 15.7 Å². The van der Waals surface area contributed by atoms with Crippen molar-refractivity contribution in [1.29, 1.82) is 0 Å². The van der Waals surface area contributed by atoms with Crippen molar-refractivity contribution >= 4 is 38.8 Å². The number of aromatic nitrogens is 1. The van der Waals surface area contributed by atoms with Crippen molar-refractivity contribution in [3.05, 3.63) is 39.7 Å². The fraction of sp³-hybridized carbons (Fsp3) is 0. The average molecular weight is 311 g/mol. The third kappa shape index (κ3) is 2.45. The first kappa shape index (κ1) is 13.2. The molecular weight excluding hydrogens is 306 g/mol. The van der Waals surface area contributed by atoms with Crippen LogP contribution in [0.25, 0.3) is 0 Å². The molecule has 1 heterocycles. The van der Waals surface area contributed by atoms with Crippen LogP contribution in [0.2, 0.25) is 5.02 Å². The van der Waals surface area contributed by atoms with E-state index in [9.17, 15) is 17.2 Å². The van der Waals surface area contributed by atoms with Crippen LogP contribution in [0.5, 0.6) is 0 Å². The number of nitrogens with zero attached hydrogens (tertiary/aromatic N) is 1. The Balaban J connectivity index is 2.45. The third-order valence-electron chi connectivity index (χ3n) is 1.96. The Morgan fingerprint density at radius 1 is 1.33 bits per heavy atom. The van der Waals surface area contributed by atoms with E-state index < -0.39 is 31.6 Å². The maximum absolute atomic E-state index is 13.6. The summed E-state index contributed by atoms with van der Waals surface area (Å²) in [5.74, 6) is -2.30. The van der Waals surface area contributed by atoms with Crippen LogP contribution in [0, 0.1) is 11.6 Å². The van der Waals surface area contributed by atoms with E-state index in [1.165, 1.54) is 22.2 Å². The Morgan fingerprint density at radius 2 is 2.06 bits per heavy atom. The van der Waals surface area contributed by atoms with Crippen molar-refractivity contribution in [3.8, 4) is 0 Å². The van der Waals surface area contributed by atoms with E-state index in [-0.39, 0.29) is 5.82 Å².